The molecular formula is C6H12N2S5. The fraction of sp³-hybridized carbons (Fsp3) is 0.667. The van der Waals surface area contributed by atoms with Gasteiger partial charge in [0.1, 0.15) is 8.70 Å². The van der Waals surface area contributed by atoms with Crippen molar-refractivity contribution in [1.82, 2.24) is 5.32 Å². The number of thiol groups is 1. The van der Waals surface area contributed by atoms with E-state index in [9.17, 15) is 0 Å². The number of rotatable bonds is 3. The lowest BCUT2D eigenvalue weighted by Crippen LogP contribution is -2.13. The molecule has 0 saturated carbocycles. The van der Waals surface area contributed by atoms with Crippen LogP contribution in [0.4, 0.5) is 0 Å². The first kappa shape index (κ1) is 14.0. The summed E-state index contributed by atoms with van der Waals surface area (Å²) in [7, 11) is 1.81. The van der Waals surface area contributed by atoms with E-state index in [4.69, 9.17) is 17.6 Å². The first-order valence-electron chi connectivity index (χ1n) is 3.47. The number of thioether (sulfide) groups is 3. The van der Waals surface area contributed by atoms with Crippen molar-refractivity contribution in [2.75, 3.05) is 12.1 Å². The van der Waals surface area contributed by atoms with Crippen LogP contribution in [0.2, 0.25) is 0 Å². The third-order valence-electron chi connectivity index (χ3n) is 0.946. The standard InChI is InChI=1S/C6H12N2S5/c1-4(13-6(10)8-2)12-5(7)11-3-9/h4,7,9H,3H2,1-2H3,(H,8,10). The zero-order chi connectivity index (χ0) is 10.3. The third-order valence-corrected chi connectivity index (χ3v) is 4.73. The van der Waals surface area contributed by atoms with Crippen molar-refractivity contribution in [2.24, 2.45) is 0 Å². The topological polar surface area (TPSA) is 35.9 Å². The highest BCUT2D eigenvalue weighted by molar-refractivity contribution is 8.45. The van der Waals surface area contributed by atoms with Crippen molar-refractivity contribution in [3.8, 4) is 0 Å². The van der Waals surface area contributed by atoms with Gasteiger partial charge in [-0.2, -0.15) is 12.6 Å². The molecule has 0 aromatic heterocycles. The maximum Gasteiger partial charge on any atom is 0.134 e. The van der Waals surface area contributed by atoms with Crippen LogP contribution in [-0.2, 0) is 0 Å². The molecule has 0 spiro atoms. The molecule has 0 aliphatic rings. The Labute approximate surface area is 103 Å². The van der Waals surface area contributed by atoms with E-state index in [1.54, 1.807) is 18.8 Å². The van der Waals surface area contributed by atoms with Gasteiger partial charge in [-0.1, -0.05) is 47.5 Å². The highest BCUT2D eigenvalue weighted by Gasteiger charge is 2.09. The van der Waals surface area contributed by atoms with Gasteiger partial charge in [0.05, 0.1) is 4.58 Å². The van der Waals surface area contributed by atoms with Gasteiger partial charge in [-0.15, -0.1) is 0 Å². The van der Waals surface area contributed by atoms with Crippen LogP contribution in [0.5, 0.6) is 0 Å². The van der Waals surface area contributed by atoms with E-state index in [-0.39, 0.29) is 4.58 Å². The van der Waals surface area contributed by atoms with Crippen molar-refractivity contribution in [2.45, 2.75) is 11.5 Å². The molecular weight excluding hydrogens is 260 g/mol. The highest BCUT2D eigenvalue weighted by Crippen LogP contribution is 2.28. The summed E-state index contributed by atoms with van der Waals surface area (Å²) in [6.07, 6.45) is 0. The van der Waals surface area contributed by atoms with E-state index in [1.165, 1.54) is 23.5 Å². The highest BCUT2D eigenvalue weighted by atomic mass is 32.2. The zero-order valence-corrected chi connectivity index (χ0v) is 11.5. The van der Waals surface area contributed by atoms with E-state index in [0.717, 1.165) is 4.32 Å². The summed E-state index contributed by atoms with van der Waals surface area (Å²) in [5, 5.41) is 11.1. The van der Waals surface area contributed by atoms with Gasteiger partial charge in [-0.3, -0.25) is 5.41 Å². The van der Waals surface area contributed by atoms with Crippen LogP contribution < -0.4 is 5.32 Å². The van der Waals surface area contributed by atoms with Gasteiger partial charge in [0, 0.05) is 12.1 Å². The van der Waals surface area contributed by atoms with Crippen LogP contribution in [0.3, 0.4) is 0 Å². The van der Waals surface area contributed by atoms with Gasteiger partial charge >= 0.3 is 0 Å². The van der Waals surface area contributed by atoms with Gasteiger partial charge < -0.3 is 5.32 Å². The molecule has 2 N–H and O–H groups in total. The first-order valence-corrected chi connectivity index (χ1v) is 7.26. The molecule has 0 bridgehead atoms. The van der Waals surface area contributed by atoms with Crippen LogP contribution >= 0.6 is 60.1 Å². The summed E-state index contributed by atoms with van der Waals surface area (Å²) in [6.45, 7) is 2.03. The van der Waals surface area contributed by atoms with E-state index in [0.29, 0.717) is 9.46 Å². The third kappa shape index (κ3) is 7.99. The lowest BCUT2D eigenvalue weighted by Gasteiger charge is -2.10. The Morgan fingerprint density at radius 3 is 2.69 bits per heavy atom. The normalized spacial score (nSPS) is 12.2. The molecule has 0 rings (SSSR count). The quantitative estimate of drug-likeness (QED) is 0.242. The Kier molecular flexibility index (Phi) is 8.90. The van der Waals surface area contributed by atoms with Crippen molar-refractivity contribution < 1.29 is 0 Å². The Morgan fingerprint density at radius 2 is 2.23 bits per heavy atom. The van der Waals surface area contributed by atoms with E-state index in [1.807, 2.05) is 6.92 Å². The molecule has 76 valence electrons. The predicted octanol–water partition coefficient (Wildman–Crippen LogP) is 2.86. The zero-order valence-electron chi connectivity index (χ0n) is 7.36. The minimum absolute atomic E-state index is 0.278. The average molecular weight is 273 g/mol. The molecule has 0 aliphatic heterocycles. The maximum absolute atomic E-state index is 7.52. The SMILES string of the molecule is CNC(=S)SC(C)SC(=N)SCS. The van der Waals surface area contributed by atoms with Gasteiger partial charge in [0.2, 0.25) is 0 Å². The van der Waals surface area contributed by atoms with Crippen LogP contribution in [0.25, 0.3) is 0 Å². The van der Waals surface area contributed by atoms with Crippen molar-refractivity contribution in [3.05, 3.63) is 0 Å². The summed E-state index contributed by atoms with van der Waals surface area (Å²) in [5.41, 5.74) is 0. The molecule has 0 aromatic rings. The van der Waals surface area contributed by atoms with Gasteiger partial charge in [0.25, 0.3) is 0 Å². The molecule has 0 heterocycles. The second-order valence-corrected chi connectivity index (χ2v) is 7.56. The van der Waals surface area contributed by atoms with Crippen molar-refractivity contribution >= 4 is 68.8 Å². The minimum Gasteiger partial charge on any atom is -0.374 e. The van der Waals surface area contributed by atoms with E-state index >= 15 is 0 Å². The number of nitrogens with one attached hydrogen (secondary N) is 2. The second-order valence-electron chi connectivity index (χ2n) is 1.90. The molecule has 0 saturated heterocycles. The first-order chi connectivity index (χ1) is 6.10. The van der Waals surface area contributed by atoms with Crippen molar-refractivity contribution in [1.29, 1.82) is 5.41 Å². The van der Waals surface area contributed by atoms with Crippen LogP contribution in [-0.4, -0.2) is 25.4 Å². The van der Waals surface area contributed by atoms with E-state index < -0.39 is 0 Å². The molecule has 2 nitrogen and oxygen atoms in total. The molecule has 0 aliphatic carbocycles. The van der Waals surface area contributed by atoms with Gasteiger partial charge in [-0.25, -0.2) is 0 Å². The number of hydrogen-bond acceptors (Lipinski definition) is 6. The largest absolute Gasteiger partial charge is 0.374 e. The number of hydrogen-bond donors (Lipinski definition) is 3. The maximum atomic E-state index is 7.52. The lowest BCUT2D eigenvalue weighted by atomic mass is 11.0. The molecule has 1 atom stereocenters. The lowest BCUT2D eigenvalue weighted by molar-refractivity contribution is 1.23. The predicted molar refractivity (Wildman–Crippen MR) is 75.5 cm³/mol. The average Bonchev–Trinajstić information content (AvgIpc) is 2.04. The molecule has 0 radical (unpaired) electrons. The Hall–Kier alpha value is 0.960. The summed E-state index contributed by atoms with van der Waals surface area (Å²) in [6, 6.07) is 0. The summed E-state index contributed by atoms with van der Waals surface area (Å²) >= 11 is 13.5. The molecule has 0 amide bonds. The Bertz CT molecular complexity index is 184. The van der Waals surface area contributed by atoms with E-state index in [2.05, 4.69) is 17.9 Å². The second kappa shape index (κ2) is 8.28. The Morgan fingerprint density at radius 1 is 1.62 bits per heavy atom. The van der Waals surface area contributed by atoms with Gasteiger partial charge in [0.15, 0.2) is 0 Å². The molecule has 0 fully saturated rings. The monoisotopic (exact) mass is 272 g/mol. The number of thiocarbonyl (C=S) groups is 1. The molecule has 7 heteroatoms. The van der Waals surface area contributed by atoms with Crippen LogP contribution in [0.15, 0.2) is 0 Å². The molecule has 1 unspecified atom stereocenters. The summed E-state index contributed by atoms with van der Waals surface area (Å²) in [4.78, 5) is 0. The van der Waals surface area contributed by atoms with Crippen molar-refractivity contribution in [3.63, 3.8) is 0 Å². The summed E-state index contributed by atoms with van der Waals surface area (Å²) < 4.78 is 1.64. The Balaban J connectivity index is 3.67. The van der Waals surface area contributed by atoms with Gasteiger partial charge in [-0.05, 0) is 6.92 Å². The van der Waals surface area contributed by atoms with Crippen LogP contribution in [0.1, 0.15) is 6.92 Å². The minimum atomic E-state index is 0.278. The smallest absolute Gasteiger partial charge is 0.134 e. The summed E-state index contributed by atoms with van der Waals surface area (Å²) in [5.74, 6) is 0. The fourth-order valence-electron chi connectivity index (χ4n) is 0.477. The molecule has 13 heavy (non-hydrogen) atoms. The molecule has 0 aromatic carbocycles. The fourth-order valence-corrected chi connectivity index (χ4v) is 4.41. The van der Waals surface area contributed by atoms with Crippen LogP contribution in [0, 0.1) is 5.41 Å².